The van der Waals surface area contributed by atoms with Gasteiger partial charge in [0.25, 0.3) is 0 Å². The molecule has 0 radical (unpaired) electrons. The van der Waals surface area contributed by atoms with Gasteiger partial charge in [-0.05, 0) is 0 Å². The third kappa shape index (κ3) is 5.04. The van der Waals surface area contributed by atoms with Gasteiger partial charge in [0.15, 0.2) is 0 Å². The van der Waals surface area contributed by atoms with Crippen LogP contribution in [0.15, 0.2) is 0 Å². The highest BCUT2D eigenvalue weighted by Crippen LogP contribution is 1.91. The van der Waals surface area contributed by atoms with Crippen molar-refractivity contribution in [1.82, 2.24) is 0 Å². The molecule has 58 valence electrons. The maximum absolute atomic E-state index is 10.2. The lowest BCUT2D eigenvalue weighted by atomic mass is 10.1. The first-order chi connectivity index (χ1) is 4.52. The Kier molecular flexibility index (Phi) is 3.42. The summed E-state index contributed by atoms with van der Waals surface area (Å²) in [5.74, 6) is -1.04. The molecule has 0 aliphatic rings. The zero-order chi connectivity index (χ0) is 8.15. The Labute approximate surface area is 58.5 Å². The van der Waals surface area contributed by atoms with Crippen LogP contribution in [0.3, 0.4) is 0 Å². The van der Waals surface area contributed by atoms with Gasteiger partial charge in [0.05, 0.1) is 0 Å². The molecule has 10 heavy (non-hydrogen) atoms. The lowest BCUT2D eigenvalue weighted by Gasteiger charge is -2.04. The van der Waals surface area contributed by atoms with E-state index in [0.29, 0.717) is 0 Å². The van der Waals surface area contributed by atoms with E-state index in [9.17, 15) is 9.59 Å². The average Bonchev–Trinajstić information content (AvgIpc) is 1.58. The molecule has 0 aromatic heterocycles. The highest BCUT2D eigenvalue weighted by atomic mass is 16.1. The summed E-state index contributed by atoms with van der Waals surface area (Å²) < 4.78 is 0. The molecule has 0 aliphatic carbocycles. The van der Waals surface area contributed by atoms with Crippen LogP contribution in [0.25, 0.3) is 0 Å². The van der Waals surface area contributed by atoms with Crippen LogP contribution in [0.2, 0.25) is 0 Å². The molecule has 5 nitrogen and oxygen atoms in total. The van der Waals surface area contributed by atoms with Crippen LogP contribution in [-0.4, -0.2) is 17.9 Å². The molecule has 0 aromatic carbocycles. The number of carbonyl (C=O) groups is 2. The Morgan fingerprint density at radius 3 is 1.60 bits per heavy atom. The Morgan fingerprint density at radius 1 is 1.10 bits per heavy atom. The molecule has 5 heteroatoms. The fourth-order valence-electron chi connectivity index (χ4n) is 0.589. The van der Waals surface area contributed by atoms with Crippen molar-refractivity contribution in [2.75, 3.05) is 0 Å². The predicted molar refractivity (Wildman–Crippen MR) is 35.6 cm³/mol. The van der Waals surface area contributed by atoms with Crippen molar-refractivity contribution >= 4 is 11.8 Å². The summed E-state index contributed by atoms with van der Waals surface area (Å²) in [6.45, 7) is 0. The van der Waals surface area contributed by atoms with Crippen molar-refractivity contribution in [3.05, 3.63) is 0 Å². The molecule has 0 saturated heterocycles. The maximum Gasteiger partial charge on any atom is 0.218 e. The van der Waals surface area contributed by atoms with Crippen LogP contribution in [0.4, 0.5) is 0 Å². The van der Waals surface area contributed by atoms with Gasteiger partial charge in [-0.2, -0.15) is 0 Å². The van der Waals surface area contributed by atoms with E-state index in [4.69, 9.17) is 17.2 Å². The number of primary amides is 2. The quantitative estimate of drug-likeness (QED) is 0.428. The first-order valence-electron chi connectivity index (χ1n) is 2.84. The molecule has 0 spiro atoms. The predicted octanol–water partition coefficient (Wildman–Crippen LogP) is -1.94. The molecule has 0 unspecified atom stereocenters. The van der Waals surface area contributed by atoms with E-state index in [0.717, 1.165) is 0 Å². The van der Waals surface area contributed by atoms with Gasteiger partial charge in [-0.15, -0.1) is 0 Å². The largest absolute Gasteiger partial charge is 0.370 e. The lowest BCUT2D eigenvalue weighted by Crippen LogP contribution is -2.31. The second-order valence-electron chi connectivity index (χ2n) is 2.10. The Hall–Kier alpha value is -1.10. The minimum absolute atomic E-state index is 0.00292. The van der Waals surface area contributed by atoms with E-state index in [2.05, 4.69) is 0 Å². The molecular formula is C5H11N3O2. The Morgan fingerprint density at radius 2 is 1.40 bits per heavy atom. The topological polar surface area (TPSA) is 112 Å². The van der Waals surface area contributed by atoms with Crippen molar-refractivity contribution in [3.8, 4) is 0 Å². The van der Waals surface area contributed by atoms with Crippen molar-refractivity contribution in [3.63, 3.8) is 0 Å². The number of carbonyl (C=O) groups excluding carboxylic acids is 2. The fourth-order valence-corrected chi connectivity index (χ4v) is 0.589. The van der Waals surface area contributed by atoms with Gasteiger partial charge in [0, 0.05) is 18.9 Å². The highest BCUT2D eigenvalue weighted by Gasteiger charge is 2.08. The summed E-state index contributed by atoms with van der Waals surface area (Å²) >= 11 is 0. The number of nitrogens with two attached hydrogens (primary N) is 3. The minimum atomic E-state index is -0.532. The van der Waals surface area contributed by atoms with Crippen LogP contribution >= 0.6 is 0 Å². The molecule has 0 saturated carbocycles. The summed E-state index contributed by atoms with van der Waals surface area (Å²) in [6.07, 6.45) is 0.00583. The van der Waals surface area contributed by atoms with E-state index in [-0.39, 0.29) is 12.8 Å². The van der Waals surface area contributed by atoms with Gasteiger partial charge in [0.2, 0.25) is 11.8 Å². The molecule has 2 amide bonds. The van der Waals surface area contributed by atoms with Crippen LogP contribution < -0.4 is 17.2 Å². The van der Waals surface area contributed by atoms with E-state index in [1.54, 1.807) is 0 Å². The fraction of sp³-hybridized carbons (Fsp3) is 0.600. The van der Waals surface area contributed by atoms with Gasteiger partial charge >= 0.3 is 0 Å². The minimum Gasteiger partial charge on any atom is -0.370 e. The second-order valence-corrected chi connectivity index (χ2v) is 2.10. The standard InChI is InChI=1S/C5H11N3O2/c6-3(1-4(7)9)2-5(8)10/h3H,1-2,6H2,(H2,7,9)(H2,8,10). The third-order valence-electron chi connectivity index (χ3n) is 0.927. The smallest absolute Gasteiger partial charge is 0.218 e. The van der Waals surface area contributed by atoms with Crippen molar-refractivity contribution in [2.24, 2.45) is 17.2 Å². The van der Waals surface area contributed by atoms with Crippen LogP contribution in [0.5, 0.6) is 0 Å². The summed E-state index contributed by atoms with van der Waals surface area (Å²) in [7, 11) is 0. The van der Waals surface area contributed by atoms with Crippen molar-refractivity contribution in [2.45, 2.75) is 18.9 Å². The van der Waals surface area contributed by atoms with Gasteiger partial charge in [-0.25, -0.2) is 0 Å². The number of hydrogen-bond donors (Lipinski definition) is 3. The first kappa shape index (κ1) is 8.90. The SMILES string of the molecule is NC(=O)CC(N)CC(N)=O. The van der Waals surface area contributed by atoms with Crippen LogP contribution in [0, 0.1) is 0 Å². The molecular weight excluding hydrogens is 134 g/mol. The third-order valence-corrected chi connectivity index (χ3v) is 0.927. The maximum atomic E-state index is 10.2. The first-order valence-corrected chi connectivity index (χ1v) is 2.84. The molecule has 0 aliphatic heterocycles. The number of amides is 2. The Balaban J connectivity index is 3.53. The summed E-state index contributed by atoms with van der Waals surface area (Å²) in [5, 5.41) is 0. The van der Waals surface area contributed by atoms with E-state index in [1.165, 1.54) is 0 Å². The Bertz CT molecular complexity index is 130. The molecule has 6 N–H and O–H groups in total. The van der Waals surface area contributed by atoms with E-state index in [1.807, 2.05) is 0 Å². The van der Waals surface area contributed by atoms with Crippen LogP contribution in [0.1, 0.15) is 12.8 Å². The summed E-state index contributed by atoms with van der Waals surface area (Å²) in [5.41, 5.74) is 14.9. The zero-order valence-corrected chi connectivity index (χ0v) is 5.54. The second kappa shape index (κ2) is 3.84. The van der Waals surface area contributed by atoms with Gasteiger partial charge in [-0.3, -0.25) is 9.59 Å². The molecule has 0 rings (SSSR count). The molecule has 0 fully saturated rings. The molecule has 0 heterocycles. The molecule has 0 bridgehead atoms. The van der Waals surface area contributed by atoms with Gasteiger partial charge < -0.3 is 17.2 Å². The summed E-state index contributed by atoms with van der Waals surface area (Å²) in [4.78, 5) is 20.4. The van der Waals surface area contributed by atoms with Crippen molar-refractivity contribution in [1.29, 1.82) is 0 Å². The zero-order valence-electron chi connectivity index (χ0n) is 5.54. The highest BCUT2D eigenvalue weighted by molar-refractivity contribution is 5.78. The normalized spacial score (nSPS) is 9.80. The summed E-state index contributed by atoms with van der Waals surface area (Å²) in [6, 6.07) is -0.532. The van der Waals surface area contributed by atoms with E-state index >= 15 is 0 Å². The number of rotatable bonds is 4. The average molecular weight is 145 g/mol. The molecule has 0 aromatic rings. The van der Waals surface area contributed by atoms with Crippen LogP contribution in [-0.2, 0) is 9.59 Å². The lowest BCUT2D eigenvalue weighted by molar-refractivity contribution is -0.119. The van der Waals surface area contributed by atoms with E-state index < -0.39 is 17.9 Å². The van der Waals surface area contributed by atoms with Gasteiger partial charge in [-0.1, -0.05) is 0 Å². The monoisotopic (exact) mass is 145 g/mol. The van der Waals surface area contributed by atoms with Gasteiger partial charge in [0.1, 0.15) is 0 Å². The van der Waals surface area contributed by atoms with Crippen molar-refractivity contribution < 1.29 is 9.59 Å². The number of hydrogen-bond acceptors (Lipinski definition) is 3. The molecule has 0 atom stereocenters.